The number of hydrogen-bond donors (Lipinski definition) is 2. The standard InChI is InChI=1S/C15H15ClN2O2/c1-9-3-4-11(8-13(9)16)18-10-5-6-14(17)12(7-10)15(19)20-2/h3-8,18H,17H2,1-2H3. The molecule has 0 saturated carbocycles. The van der Waals surface area contributed by atoms with Crippen LogP contribution in [-0.4, -0.2) is 13.1 Å². The molecule has 0 unspecified atom stereocenters. The number of carbonyl (C=O) groups excluding carboxylic acids is 1. The molecule has 2 aromatic carbocycles. The van der Waals surface area contributed by atoms with Crippen LogP contribution in [0.2, 0.25) is 5.02 Å². The zero-order chi connectivity index (χ0) is 14.7. The third-order valence-corrected chi connectivity index (χ3v) is 3.33. The molecule has 0 bridgehead atoms. The minimum Gasteiger partial charge on any atom is -0.465 e. The van der Waals surface area contributed by atoms with E-state index < -0.39 is 5.97 Å². The number of nitrogen functional groups attached to an aromatic ring is 1. The van der Waals surface area contributed by atoms with Crippen LogP contribution in [0.15, 0.2) is 36.4 Å². The molecular formula is C15H15ClN2O2. The number of halogens is 1. The number of methoxy groups -OCH3 is 1. The minimum absolute atomic E-state index is 0.329. The Bertz CT molecular complexity index is 656. The zero-order valence-electron chi connectivity index (χ0n) is 11.2. The van der Waals surface area contributed by atoms with Crippen molar-refractivity contribution in [2.75, 3.05) is 18.2 Å². The van der Waals surface area contributed by atoms with Gasteiger partial charge < -0.3 is 15.8 Å². The van der Waals surface area contributed by atoms with E-state index in [9.17, 15) is 4.79 Å². The predicted molar refractivity (Wildman–Crippen MR) is 81.7 cm³/mol. The molecule has 0 fully saturated rings. The Labute approximate surface area is 122 Å². The van der Waals surface area contributed by atoms with Crippen LogP contribution in [0.4, 0.5) is 17.1 Å². The minimum atomic E-state index is -0.465. The fraction of sp³-hybridized carbons (Fsp3) is 0.133. The molecule has 0 heterocycles. The van der Waals surface area contributed by atoms with Gasteiger partial charge in [-0.1, -0.05) is 17.7 Å². The van der Waals surface area contributed by atoms with Gasteiger partial charge in [-0.2, -0.15) is 0 Å². The number of rotatable bonds is 3. The van der Waals surface area contributed by atoms with Crippen molar-refractivity contribution in [3.63, 3.8) is 0 Å². The lowest BCUT2D eigenvalue weighted by molar-refractivity contribution is 0.0602. The van der Waals surface area contributed by atoms with Crippen LogP contribution in [0, 0.1) is 6.92 Å². The van der Waals surface area contributed by atoms with Crippen LogP contribution in [0.5, 0.6) is 0 Å². The SMILES string of the molecule is COC(=O)c1cc(Nc2ccc(C)c(Cl)c2)ccc1N. The summed E-state index contributed by atoms with van der Waals surface area (Å²) in [5.74, 6) is -0.465. The number of ether oxygens (including phenoxy) is 1. The van der Waals surface area contributed by atoms with Crippen molar-refractivity contribution in [1.82, 2.24) is 0 Å². The Morgan fingerprint density at radius 2 is 1.85 bits per heavy atom. The summed E-state index contributed by atoms with van der Waals surface area (Å²) >= 11 is 6.08. The fourth-order valence-corrected chi connectivity index (χ4v) is 1.94. The molecule has 2 aromatic rings. The number of carbonyl (C=O) groups is 1. The summed E-state index contributed by atoms with van der Waals surface area (Å²) in [7, 11) is 1.32. The molecule has 0 radical (unpaired) electrons. The predicted octanol–water partition coefficient (Wildman–Crippen LogP) is 3.76. The Kier molecular flexibility index (Phi) is 4.15. The normalized spacial score (nSPS) is 10.2. The lowest BCUT2D eigenvalue weighted by Gasteiger charge is -2.10. The van der Waals surface area contributed by atoms with Crippen molar-refractivity contribution < 1.29 is 9.53 Å². The first kappa shape index (κ1) is 14.2. The van der Waals surface area contributed by atoms with Gasteiger partial charge in [0, 0.05) is 22.1 Å². The second kappa shape index (κ2) is 5.84. The average molecular weight is 291 g/mol. The molecule has 20 heavy (non-hydrogen) atoms. The molecule has 0 saturated heterocycles. The van der Waals surface area contributed by atoms with Gasteiger partial charge in [-0.25, -0.2) is 4.79 Å². The third-order valence-electron chi connectivity index (χ3n) is 2.92. The number of benzene rings is 2. The van der Waals surface area contributed by atoms with Gasteiger partial charge in [0.1, 0.15) is 0 Å². The summed E-state index contributed by atoms with van der Waals surface area (Å²) in [5, 5.41) is 3.85. The lowest BCUT2D eigenvalue weighted by atomic mass is 10.1. The first-order valence-electron chi connectivity index (χ1n) is 6.02. The van der Waals surface area contributed by atoms with Gasteiger partial charge in [0.05, 0.1) is 12.7 Å². The highest BCUT2D eigenvalue weighted by Gasteiger charge is 2.10. The van der Waals surface area contributed by atoms with Crippen LogP contribution < -0.4 is 11.1 Å². The summed E-state index contributed by atoms with van der Waals surface area (Å²) in [6, 6.07) is 10.7. The Hall–Kier alpha value is -2.20. The maximum absolute atomic E-state index is 11.6. The topological polar surface area (TPSA) is 64.3 Å². The molecule has 0 aromatic heterocycles. The molecular weight excluding hydrogens is 276 g/mol. The van der Waals surface area contributed by atoms with Crippen molar-refractivity contribution in [2.24, 2.45) is 0 Å². The van der Waals surface area contributed by atoms with Crippen molar-refractivity contribution in [1.29, 1.82) is 0 Å². The summed E-state index contributed by atoms with van der Waals surface area (Å²) in [5.41, 5.74) is 9.04. The molecule has 3 N–H and O–H groups in total. The van der Waals surface area contributed by atoms with E-state index in [-0.39, 0.29) is 0 Å². The van der Waals surface area contributed by atoms with E-state index in [2.05, 4.69) is 10.1 Å². The van der Waals surface area contributed by atoms with Crippen molar-refractivity contribution in [2.45, 2.75) is 6.92 Å². The number of nitrogens with one attached hydrogen (secondary N) is 1. The summed E-state index contributed by atoms with van der Waals surface area (Å²) in [4.78, 5) is 11.6. The van der Waals surface area contributed by atoms with Gasteiger partial charge in [-0.15, -0.1) is 0 Å². The smallest absolute Gasteiger partial charge is 0.340 e. The molecule has 0 aliphatic carbocycles. The van der Waals surface area contributed by atoms with Gasteiger partial charge >= 0.3 is 5.97 Å². The number of nitrogens with two attached hydrogens (primary N) is 1. The van der Waals surface area contributed by atoms with Crippen molar-refractivity contribution in [3.8, 4) is 0 Å². The van der Waals surface area contributed by atoms with Gasteiger partial charge in [0.2, 0.25) is 0 Å². The van der Waals surface area contributed by atoms with Gasteiger partial charge in [-0.3, -0.25) is 0 Å². The number of aryl methyl sites for hydroxylation is 1. The molecule has 0 aliphatic heterocycles. The van der Waals surface area contributed by atoms with Gasteiger partial charge in [0.25, 0.3) is 0 Å². The molecule has 104 valence electrons. The molecule has 2 rings (SSSR count). The highest BCUT2D eigenvalue weighted by atomic mass is 35.5. The van der Waals surface area contributed by atoms with Crippen LogP contribution in [0.3, 0.4) is 0 Å². The van der Waals surface area contributed by atoms with Crippen LogP contribution in [0.25, 0.3) is 0 Å². The Balaban J connectivity index is 2.29. The molecule has 0 atom stereocenters. The van der Waals surface area contributed by atoms with E-state index in [1.54, 1.807) is 18.2 Å². The summed E-state index contributed by atoms with van der Waals surface area (Å²) in [6.07, 6.45) is 0. The van der Waals surface area contributed by atoms with E-state index in [1.165, 1.54) is 7.11 Å². The highest BCUT2D eigenvalue weighted by molar-refractivity contribution is 6.31. The first-order valence-corrected chi connectivity index (χ1v) is 6.40. The third kappa shape index (κ3) is 3.03. The highest BCUT2D eigenvalue weighted by Crippen LogP contribution is 2.25. The van der Waals surface area contributed by atoms with Gasteiger partial charge in [0.15, 0.2) is 0 Å². The van der Waals surface area contributed by atoms with E-state index >= 15 is 0 Å². The maximum Gasteiger partial charge on any atom is 0.340 e. The van der Waals surface area contributed by atoms with Gasteiger partial charge in [-0.05, 0) is 42.8 Å². The number of anilines is 3. The first-order chi connectivity index (χ1) is 9.51. The van der Waals surface area contributed by atoms with Crippen LogP contribution >= 0.6 is 11.6 Å². The van der Waals surface area contributed by atoms with E-state index in [4.69, 9.17) is 17.3 Å². The Morgan fingerprint density at radius 1 is 1.20 bits per heavy atom. The number of hydrogen-bond acceptors (Lipinski definition) is 4. The molecule has 4 nitrogen and oxygen atoms in total. The largest absolute Gasteiger partial charge is 0.465 e. The van der Waals surface area contributed by atoms with Crippen molar-refractivity contribution >= 4 is 34.6 Å². The average Bonchev–Trinajstić information content (AvgIpc) is 2.44. The van der Waals surface area contributed by atoms with Crippen LogP contribution in [-0.2, 0) is 4.74 Å². The fourth-order valence-electron chi connectivity index (χ4n) is 1.76. The van der Waals surface area contributed by atoms with E-state index in [0.29, 0.717) is 16.3 Å². The van der Waals surface area contributed by atoms with Crippen LogP contribution in [0.1, 0.15) is 15.9 Å². The summed E-state index contributed by atoms with van der Waals surface area (Å²) in [6.45, 7) is 1.94. The van der Waals surface area contributed by atoms with Crippen molar-refractivity contribution in [3.05, 3.63) is 52.5 Å². The monoisotopic (exact) mass is 290 g/mol. The van der Waals surface area contributed by atoms with E-state index in [1.807, 2.05) is 25.1 Å². The second-order valence-electron chi connectivity index (χ2n) is 4.38. The van der Waals surface area contributed by atoms with E-state index in [0.717, 1.165) is 16.9 Å². The Morgan fingerprint density at radius 3 is 2.50 bits per heavy atom. The molecule has 5 heteroatoms. The summed E-state index contributed by atoms with van der Waals surface area (Å²) < 4.78 is 4.69. The number of esters is 1. The molecule has 0 amide bonds. The quantitative estimate of drug-likeness (QED) is 0.667. The molecule has 0 spiro atoms. The zero-order valence-corrected chi connectivity index (χ0v) is 12.0. The maximum atomic E-state index is 11.6. The second-order valence-corrected chi connectivity index (χ2v) is 4.79. The molecule has 0 aliphatic rings. The lowest BCUT2D eigenvalue weighted by Crippen LogP contribution is -2.06.